The summed E-state index contributed by atoms with van der Waals surface area (Å²) >= 11 is 0. The van der Waals surface area contributed by atoms with Crippen molar-refractivity contribution in [3.63, 3.8) is 0 Å². The van der Waals surface area contributed by atoms with Crippen LogP contribution in [0.4, 0.5) is 5.82 Å². The van der Waals surface area contributed by atoms with Crippen LogP contribution < -0.4 is 16.4 Å². The number of primary amides is 1. The Morgan fingerprint density at radius 2 is 2.00 bits per heavy atom. The van der Waals surface area contributed by atoms with Gasteiger partial charge in [-0.15, -0.1) is 0 Å². The van der Waals surface area contributed by atoms with E-state index in [2.05, 4.69) is 29.5 Å². The molecule has 3 amide bonds. The van der Waals surface area contributed by atoms with Gasteiger partial charge in [-0.3, -0.25) is 14.4 Å². The lowest BCUT2D eigenvalue weighted by Gasteiger charge is -2.28. The van der Waals surface area contributed by atoms with Crippen molar-refractivity contribution in [3.05, 3.63) is 35.8 Å². The number of carbonyl (C=O) groups excluding carboxylic acids is 3. The third-order valence-corrected chi connectivity index (χ3v) is 6.47. The lowest BCUT2D eigenvalue weighted by atomic mass is 9.85. The summed E-state index contributed by atoms with van der Waals surface area (Å²) in [5.74, 6) is -0.266. The molecule has 1 fully saturated rings. The zero-order valence-corrected chi connectivity index (χ0v) is 18.9. The molecule has 1 saturated carbocycles. The van der Waals surface area contributed by atoms with Crippen molar-refractivity contribution in [2.24, 2.45) is 17.1 Å². The predicted octanol–water partition coefficient (Wildman–Crippen LogP) is 2.86. The van der Waals surface area contributed by atoms with Crippen molar-refractivity contribution < 1.29 is 14.4 Å². The highest BCUT2D eigenvalue weighted by atomic mass is 16.2. The monoisotopic (exact) mass is 437 g/mol. The van der Waals surface area contributed by atoms with Gasteiger partial charge >= 0.3 is 0 Å². The number of rotatable bonds is 5. The molecule has 8 nitrogen and oxygen atoms in total. The Labute approximate surface area is 188 Å². The van der Waals surface area contributed by atoms with Gasteiger partial charge in [-0.25, -0.2) is 4.98 Å². The summed E-state index contributed by atoms with van der Waals surface area (Å²) < 4.78 is 2.01. The van der Waals surface area contributed by atoms with Crippen LogP contribution in [-0.2, 0) is 22.6 Å². The number of fused-ring (bicyclic) bond motifs is 1. The average molecular weight is 438 g/mol. The number of nitrogens with two attached hydrogens (primary N) is 1. The van der Waals surface area contributed by atoms with E-state index >= 15 is 0 Å². The van der Waals surface area contributed by atoms with Gasteiger partial charge in [0.05, 0.1) is 0 Å². The first kappa shape index (κ1) is 22.0. The van der Waals surface area contributed by atoms with Crippen LogP contribution in [0.5, 0.6) is 0 Å². The number of hydrogen-bond acceptors (Lipinski definition) is 4. The van der Waals surface area contributed by atoms with Crippen LogP contribution in [0.25, 0.3) is 11.1 Å². The number of aromatic nitrogens is 2. The summed E-state index contributed by atoms with van der Waals surface area (Å²) in [5.41, 5.74) is 9.11. The van der Waals surface area contributed by atoms with Crippen molar-refractivity contribution in [1.29, 1.82) is 0 Å². The van der Waals surface area contributed by atoms with Crippen LogP contribution in [0.1, 0.15) is 62.6 Å². The van der Waals surface area contributed by atoms with Crippen LogP contribution in [0.2, 0.25) is 0 Å². The molecule has 2 aliphatic rings. The fourth-order valence-electron chi connectivity index (χ4n) is 5.09. The maximum atomic E-state index is 12.9. The Morgan fingerprint density at radius 1 is 1.22 bits per heavy atom. The Kier molecular flexibility index (Phi) is 5.79. The molecule has 1 aliphatic carbocycles. The zero-order valence-electron chi connectivity index (χ0n) is 18.9. The first-order valence-electron chi connectivity index (χ1n) is 11.2. The van der Waals surface area contributed by atoms with Crippen LogP contribution >= 0.6 is 0 Å². The maximum absolute atomic E-state index is 12.9. The second-order valence-corrected chi connectivity index (χ2v) is 9.86. The van der Waals surface area contributed by atoms with Gasteiger partial charge in [0.15, 0.2) is 0 Å². The molecule has 0 unspecified atom stereocenters. The van der Waals surface area contributed by atoms with Crippen molar-refractivity contribution in [1.82, 2.24) is 14.9 Å². The minimum Gasteiger partial charge on any atom is -0.364 e. The van der Waals surface area contributed by atoms with E-state index in [0.717, 1.165) is 49.0 Å². The van der Waals surface area contributed by atoms with E-state index in [1.165, 1.54) is 6.92 Å². The molecule has 8 heteroatoms. The van der Waals surface area contributed by atoms with E-state index in [1.54, 1.807) is 6.20 Å². The molecular weight excluding hydrogens is 406 g/mol. The molecule has 2 atom stereocenters. The van der Waals surface area contributed by atoms with E-state index in [9.17, 15) is 14.4 Å². The molecular formula is C24H31N5O3. The summed E-state index contributed by atoms with van der Waals surface area (Å²) in [5, 5.41) is 5.88. The molecule has 170 valence electrons. The van der Waals surface area contributed by atoms with E-state index in [4.69, 9.17) is 5.73 Å². The summed E-state index contributed by atoms with van der Waals surface area (Å²) in [6.45, 7) is 6.59. The minimum atomic E-state index is -0.441. The smallest absolute Gasteiger partial charge is 0.265 e. The first-order valence-corrected chi connectivity index (χ1v) is 11.2. The Hall–Kier alpha value is -3.16. The van der Waals surface area contributed by atoms with Gasteiger partial charge in [0.2, 0.25) is 11.8 Å². The lowest BCUT2D eigenvalue weighted by Crippen LogP contribution is -2.40. The number of anilines is 1. The highest BCUT2D eigenvalue weighted by molar-refractivity contribution is 5.95. The summed E-state index contributed by atoms with van der Waals surface area (Å²) in [6.07, 6.45) is 5.74. The van der Waals surface area contributed by atoms with Crippen LogP contribution in [0.15, 0.2) is 24.4 Å². The molecule has 2 aromatic rings. The Bertz CT molecular complexity index is 1070. The number of nitrogens with one attached hydrogen (secondary N) is 2. The van der Waals surface area contributed by atoms with E-state index in [-0.39, 0.29) is 29.2 Å². The van der Waals surface area contributed by atoms with Crippen molar-refractivity contribution in [2.45, 2.75) is 65.5 Å². The van der Waals surface area contributed by atoms with Crippen molar-refractivity contribution in [3.8, 4) is 11.1 Å². The second-order valence-electron chi connectivity index (χ2n) is 9.86. The molecule has 0 aromatic carbocycles. The molecule has 0 spiro atoms. The average Bonchev–Trinajstić information content (AvgIpc) is 3.20. The van der Waals surface area contributed by atoms with Gasteiger partial charge in [-0.1, -0.05) is 20.3 Å². The van der Waals surface area contributed by atoms with Crippen LogP contribution in [0, 0.1) is 11.3 Å². The zero-order chi connectivity index (χ0) is 23.0. The van der Waals surface area contributed by atoms with Gasteiger partial charge in [0.1, 0.15) is 11.5 Å². The molecule has 3 heterocycles. The number of carbonyl (C=O) groups is 3. The van der Waals surface area contributed by atoms with Gasteiger partial charge in [0.25, 0.3) is 5.91 Å². The predicted molar refractivity (Wildman–Crippen MR) is 122 cm³/mol. The minimum absolute atomic E-state index is 0.0378. The number of pyridine rings is 1. The van der Waals surface area contributed by atoms with E-state index in [0.29, 0.717) is 17.9 Å². The molecule has 4 N–H and O–H groups in total. The fourth-order valence-corrected chi connectivity index (χ4v) is 5.09. The molecule has 0 radical (unpaired) electrons. The normalized spacial score (nSPS) is 21.6. The third kappa shape index (κ3) is 4.54. The van der Waals surface area contributed by atoms with E-state index < -0.39 is 5.91 Å². The summed E-state index contributed by atoms with van der Waals surface area (Å²) in [7, 11) is 0. The number of amides is 3. The largest absolute Gasteiger partial charge is 0.364 e. The second kappa shape index (κ2) is 8.41. The maximum Gasteiger partial charge on any atom is 0.265 e. The fraction of sp³-hybridized carbons (Fsp3) is 0.500. The standard InChI is InChI=1S/C24H31N5O3/c1-14(30)27-17-6-4-5-16(9-17)23(32)28-21-10-15(7-8-26-21)18-11-19(22(25)31)29-13-24(2,3)12-20(18)29/h7-8,10-11,16-17H,4-6,9,12-13H2,1-3H3,(H2,25,31)(H,27,30)(H,26,28,32)/t16-,17+/m0/s1. The summed E-state index contributed by atoms with van der Waals surface area (Å²) in [4.78, 5) is 40.6. The topological polar surface area (TPSA) is 119 Å². The molecule has 0 bridgehead atoms. The van der Waals surface area contributed by atoms with Crippen LogP contribution in [-0.4, -0.2) is 33.3 Å². The van der Waals surface area contributed by atoms with Gasteiger partial charge in [0, 0.05) is 42.9 Å². The molecule has 2 aromatic heterocycles. The highest BCUT2D eigenvalue weighted by Gasteiger charge is 2.34. The SMILES string of the molecule is CC(=O)N[C@@H]1CCC[C@H](C(=O)Nc2cc(-c3cc(C(N)=O)n4c3CC(C)(C)C4)ccn2)C1. The molecule has 0 saturated heterocycles. The van der Waals surface area contributed by atoms with Gasteiger partial charge < -0.3 is 20.9 Å². The van der Waals surface area contributed by atoms with Crippen LogP contribution in [0.3, 0.4) is 0 Å². The third-order valence-electron chi connectivity index (χ3n) is 6.47. The highest BCUT2D eigenvalue weighted by Crippen LogP contribution is 2.40. The quantitative estimate of drug-likeness (QED) is 0.666. The molecule has 4 rings (SSSR count). The first-order chi connectivity index (χ1) is 15.1. The van der Waals surface area contributed by atoms with Gasteiger partial charge in [-0.05, 0) is 54.9 Å². The Balaban J connectivity index is 1.54. The number of hydrogen-bond donors (Lipinski definition) is 3. The number of nitrogens with zero attached hydrogens (tertiary/aromatic N) is 2. The summed E-state index contributed by atoms with van der Waals surface area (Å²) in [6, 6.07) is 5.61. The van der Waals surface area contributed by atoms with Gasteiger partial charge in [-0.2, -0.15) is 0 Å². The molecule has 32 heavy (non-hydrogen) atoms. The molecule has 1 aliphatic heterocycles. The van der Waals surface area contributed by atoms with Crippen molar-refractivity contribution >= 4 is 23.5 Å². The lowest BCUT2D eigenvalue weighted by molar-refractivity contribution is -0.123. The Morgan fingerprint density at radius 3 is 2.72 bits per heavy atom. The van der Waals surface area contributed by atoms with E-state index in [1.807, 2.05) is 22.8 Å². The van der Waals surface area contributed by atoms with Crippen molar-refractivity contribution in [2.75, 3.05) is 5.32 Å².